The number of rotatable bonds is 6. The highest BCUT2D eigenvalue weighted by Crippen LogP contribution is 2.22. The molecule has 2 aromatic rings. The number of nitrogens with zero attached hydrogens (tertiary/aromatic N) is 1. The summed E-state index contributed by atoms with van der Waals surface area (Å²) in [6.07, 6.45) is 4.25. The van der Waals surface area contributed by atoms with Crippen LogP contribution >= 0.6 is 0 Å². The molecular weight excluding hydrogens is 304 g/mol. The molecule has 2 heterocycles. The molecule has 2 atom stereocenters. The third kappa shape index (κ3) is 4.71. The van der Waals surface area contributed by atoms with Gasteiger partial charge in [-0.15, -0.1) is 0 Å². The number of hydrogen-bond acceptors (Lipinski definition) is 3. The number of amides is 2. The van der Waals surface area contributed by atoms with E-state index in [1.54, 1.807) is 0 Å². The standard InChI is InChI=1S/C18H26N4O2/c1-13-12-14(8-11-24-13)6-9-19-18(23)20-10-7-17-21-15-4-2-3-5-16(15)22-17/h2-5,13-14H,6-12H2,1H3,(H,21,22)(H2,19,20,23)/t13-,14+/m1/s1. The highest BCUT2D eigenvalue weighted by Gasteiger charge is 2.18. The van der Waals surface area contributed by atoms with Gasteiger partial charge in [-0.3, -0.25) is 0 Å². The van der Waals surface area contributed by atoms with Gasteiger partial charge in [0.25, 0.3) is 0 Å². The van der Waals surface area contributed by atoms with Crippen LogP contribution in [-0.2, 0) is 11.2 Å². The molecule has 24 heavy (non-hydrogen) atoms. The number of aromatic amines is 1. The third-order valence-corrected chi connectivity index (χ3v) is 4.52. The summed E-state index contributed by atoms with van der Waals surface area (Å²) in [4.78, 5) is 19.6. The topological polar surface area (TPSA) is 79.0 Å². The lowest BCUT2D eigenvalue weighted by Crippen LogP contribution is -2.38. The predicted octanol–water partition coefficient (Wildman–Crippen LogP) is 2.61. The van der Waals surface area contributed by atoms with Gasteiger partial charge in [-0.1, -0.05) is 12.1 Å². The Bertz CT molecular complexity index is 637. The molecule has 6 heteroatoms. The van der Waals surface area contributed by atoms with E-state index >= 15 is 0 Å². The lowest BCUT2D eigenvalue weighted by atomic mass is 9.93. The Labute approximate surface area is 142 Å². The number of imidazole rings is 1. The Hall–Kier alpha value is -2.08. The summed E-state index contributed by atoms with van der Waals surface area (Å²) in [6, 6.07) is 7.83. The molecule has 130 valence electrons. The maximum absolute atomic E-state index is 11.8. The van der Waals surface area contributed by atoms with E-state index in [9.17, 15) is 4.79 Å². The van der Waals surface area contributed by atoms with Crippen molar-refractivity contribution in [2.75, 3.05) is 19.7 Å². The van der Waals surface area contributed by atoms with Crippen LogP contribution in [0.3, 0.4) is 0 Å². The van der Waals surface area contributed by atoms with Crippen molar-refractivity contribution in [3.05, 3.63) is 30.1 Å². The number of nitrogens with one attached hydrogen (secondary N) is 3. The maximum Gasteiger partial charge on any atom is 0.314 e. The largest absolute Gasteiger partial charge is 0.378 e. The summed E-state index contributed by atoms with van der Waals surface area (Å²) >= 11 is 0. The molecule has 0 aliphatic carbocycles. The van der Waals surface area contributed by atoms with Crippen LogP contribution in [0.15, 0.2) is 24.3 Å². The molecule has 1 aliphatic rings. The molecule has 0 saturated carbocycles. The first-order valence-electron chi connectivity index (χ1n) is 8.77. The van der Waals surface area contributed by atoms with Crippen LogP contribution in [0.2, 0.25) is 0 Å². The van der Waals surface area contributed by atoms with E-state index in [0.717, 1.165) is 42.7 Å². The van der Waals surface area contributed by atoms with Crippen molar-refractivity contribution in [1.29, 1.82) is 0 Å². The number of benzene rings is 1. The van der Waals surface area contributed by atoms with E-state index in [-0.39, 0.29) is 6.03 Å². The predicted molar refractivity (Wildman–Crippen MR) is 94.0 cm³/mol. The zero-order valence-corrected chi connectivity index (χ0v) is 14.2. The zero-order valence-electron chi connectivity index (χ0n) is 14.2. The third-order valence-electron chi connectivity index (χ3n) is 4.52. The Balaban J connectivity index is 1.32. The number of carbonyl (C=O) groups is 1. The summed E-state index contributed by atoms with van der Waals surface area (Å²) < 4.78 is 5.54. The number of hydrogen-bond donors (Lipinski definition) is 3. The first-order chi connectivity index (χ1) is 11.7. The van der Waals surface area contributed by atoms with E-state index < -0.39 is 0 Å². The average molecular weight is 330 g/mol. The lowest BCUT2D eigenvalue weighted by molar-refractivity contribution is 0.00117. The van der Waals surface area contributed by atoms with Gasteiger partial charge in [0.1, 0.15) is 5.82 Å². The summed E-state index contributed by atoms with van der Waals surface area (Å²) in [5.41, 5.74) is 1.99. The van der Waals surface area contributed by atoms with E-state index in [1.165, 1.54) is 0 Å². The van der Waals surface area contributed by atoms with Gasteiger partial charge in [-0.25, -0.2) is 9.78 Å². The van der Waals surface area contributed by atoms with Crippen molar-refractivity contribution in [2.24, 2.45) is 5.92 Å². The van der Waals surface area contributed by atoms with Gasteiger partial charge in [-0.2, -0.15) is 0 Å². The summed E-state index contributed by atoms with van der Waals surface area (Å²) in [5.74, 6) is 1.55. The molecule has 1 aromatic carbocycles. The molecule has 1 aliphatic heterocycles. The SMILES string of the molecule is C[C@@H]1C[C@@H](CCNC(=O)NCCc2nc3ccccc3[nH]2)CCO1. The number of carbonyl (C=O) groups excluding carboxylic acids is 1. The number of para-hydroxylation sites is 2. The quantitative estimate of drug-likeness (QED) is 0.762. The van der Waals surface area contributed by atoms with Crippen LogP contribution in [-0.4, -0.2) is 41.8 Å². The highest BCUT2D eigenvalue weighted by atomic mass is 16.5. The van der Waals surface area contributed by atoms with Gasteiger partial charge in [0.15, 0.2) is 0 Å². The Morgan fingerprint density at radius 1 is 1.33 bits per heavy atom. The van der Waals surface area contributed by atoms with Crippen molar-refractivity contribution in [3.63, 3.8) is 0 Å². The Morgan fingerprint density at radius 3 is 3.00 bits per heavy atom. The molecule has 1 aromatic heterocycles. The zero-order chi connectivity index (χ0) is 16.8. The summed E-state index contributed by atoms with van der Waals surface area (Å²) in [7, 11) is 0. The van der Waals surface area contributed by atoms with Crippen molar-refractivity contribution in [2.45, 2.75) is 38.7 Å². The fourth-order valence-electron chi connectivity index (χ4n) is 3.22. The van der Waals surface area contributed by atoms with Gasteiger partial charge in [0, 0.05) is 26.1 Å². The van der Waals surface area contributed by atoms with E-state index in [4.69, 9.17) is 4.74 Å². The number of H-pyrrole nitrogens is 1. The minimum absolute atomic E-state index is 0.105. The van der Waals surface area contributed by atoms with E-state index in [0.29, 0.717) is 31.5 Å². The first-order valence-corrected chi connectivity index (χ1v) is 8.77. The van der Waals surface area contributed by atoms with Gasteiger partial charge >= 0.3 is 6.03 Å². The molecule has 3 N–H and O–H groups in total. The molecule has 0 bridgehead atoms. The van der Waals surface area contributed by atoms with Crippen molar-refractivity contribution < 1.29 is 9.53 Å². The Morgan fingerprint density at radius 2 is 2.17 bits per heavy atom. The van der Waals surface area contributed by atoms with Gasteiger partial charge in [0.05, 0.1) is 17.1 Å². The second kappa shape index (κ2) is 8.15. The van der Waals surface area contributed by atoms with Gasteiger partial charge in [0.2, 0.25) is 0 Å². The minimum Gasteiger partial charge on any atom is -0.378 e. The van der Waals surface area contributed by atoms with Gasteiger partial charge in [-0.05, 0) is 44.2 Å². The lowest BCUT2D eigenvalue weighted by Gasteiger charge is -2.27. The summed E-state index contributed by atoms with van der Waals surface area (Å²) in [5, 5.41) is 5.82. The van der Waals surface area contributed by atoms with Crippen molar-refractivity contribution in [1.82, 2.24) is 20.6 Å². The fraction of sp³-hybridized carbons (Fsp3) is 0.556. The normalized spacial score (nSPS) is 20.9. The summed E-state index contributed by atoms with van der Waals surface area (Å²) in [6.45, 7) is 4.24. The maximum atomic E-state index is 11.8. The molecule has 0 unspecified atom stereocenters. The molecule has 3 rings (SSSR count). The second-order valence-corrected chi connectivity index (χ2v) is 6.49. The monoisotopic (exact) mass is 330 g/mol. The fourth-order valence-corrected chi connectivity index (χ4v) is 3.22. The molecule has 1 saturated heterocycles. The first kappa shape index (κ1) is 16.8. The van der Waals surface area contributed by atoms with Crippen molar-refractivity contribution >= 4 is 17.1 Å². The van der Waals surface area contributed by atoms with E-state index in [1.807, 2.05) is 24.3 Å². The molecular formula is C18H26N4O2. The number of urea groups is 1. The molecule has 0 spiro atoms. The Kier molecular flexibility index (Phi) is 5.69. The second-order valence-electron chi connectivity index (χ2n) is 6.49. The number of fused-ring (bicyclic) bond motifs is 1. The minimum atomic E-state index is -0.105. The van der Waals surface area contributed by atoms with E-state index in [2.05, 4.69) is 27.5 Å². The smallest absolute Gasteiger partial charge is 0.314 e. The molecule has 2 amide bonds. The van der Waals surface area contributed by atoms with Gasteiger partial charge < -0.3 is 20.4 Å². The average Bonchev–Trinajstić information content (AvgIpc) is 2.97. The molecule has 1 fully saturated rings. The molecule has 6 nitrogen and oxygen atoms in total. The molecule has 0 radical (unpaired) electrons. The van der Waals surface area contributed by atoms with Crippen LogP contribution in [0, 0.1) is 5.92 Å². The van der Waals surface area contributed by atoms with Crippen LogP contribution in [0.25, 0.3) is 11.0 Å². The van der Waals surface area contributed by atoms with Crippen molar-refractivity contribution in [3.8, 4) is 0 Å². The van der Waals surface area contributed by atoms with Crippen LogP contribution in [0.1, 0.15) is 32.0 Å². The van der Waals surface area contributed by atoms with Crippen LogP contribution < -0.4 is 10.6 Å². The highest BCUT2D eigenvalue weighted by molar-refractivity contribution is 5.75. The number of ether oxygens (including phenoxy) is 1. The van der Waals surface area contributed by atoms with Crippen LogP contribution in [0.4, 0.5) is 4.79 Å². The van der Waals surface area contributed by atoms with Crippen LogP contribution in [0.5, 0.6) is 0 Å². The number of aromatic nitrogens is 2.